The van der Waals surface area contributed by atoms with Crippen LogP contribution in [0, 0.1) is 18.8 Å². The molecule has 0 spiro atoms. The Morgan fingerprint density at radius 2 is 1.92 bits per heavy atom. The third kappa shape index (κ3) is 4.96. The van der Waals surface area contributed by atoms with E-state index in [1.807, 2.05) is 37.3 Å². The van der Waals surface area contributed by atoms with Crippen LogP contribution in [0.4, 0.5) is 0 Å². The first-order valence-corrected chi connectivity index (χ1v) is 9.85. The Hall–Kier alpha value is -2.10. The van der Waals surface area contributed by atoms with E-state index in [2.05, 4.69) is 12.1 Å². The maximum atomic E-state index is 12.3. The van der Waals surface area contributed by atoms with Crippen molar-refractivity contribution in [2.24, 2.45) is 11.8 Å². The maximum absolute atomic E-state index is 12.3. The van der Waals surface area contributed by atoms with E-state index in [9.17, 15) is 4.79 Å². The fourth-order valence-electron chi connectivity index (χ4n) is 3.68. The van der Waals surface area contributed by atoms with Gasteiger partial charge in [-0.15, -0.1) is 0 Å². The zero-order chi connectivity index (χ0) is 18.4. The van der Waals surface area contributed by atoms with Crippen LogP contribution in [0.2, 0.25) is 0 Å². The number of carbonyl (C=O) groups excluding carboxylic acids is 1. The van der Waals surface area contributed by atoms with Gasteiger partial charge in [-0.1, -0.05) is 61.2 Å². The van der Waals surface area contributed by atoms with Crippen LogP contribution in [0.1, 0.15) is 63.1 Å². The van der Waals surface area contributed by atoms with E-state index in [1.165, 1.54) is 24.8 Å². The largest absolute Gasteiger partial charge is 0.459 e. The summed E-state index contributed by atoms with van der Waals surface area (Å²) in [6, 6.07) is 9.92. The van der Waals surface area contributed by atoms with Crippen molar-refractivity contribution in [2.45, 2.75) is 65.4 Å². The lowest BCUT2D eigenvalue weighted by Crippen LogP contribution is -2.23. The molecule has 0 radical (unpaired) electrons. The van der Waals surface area contributed by atoms with Gasteiger partial charge in [-0.05, 0) is 38.5 Å². The number of carbonyl (C=O) groups is 1. The van der Waals surface area contributed by atoms with Gasteiger partial charge in [-0.3, -0.25) is 4.79 Å². The Balaban J connectivity index is 1.46. The molecule has 26 heavy (non-hydrogen) atoms. The van der Waals surface area contributed by atoms with E-state index in [1.54, 1.807) is 0 Å². The van der Waals surface area contributed by atoms with Crippen LogP contribution in [0.5, 0.6) is 0 Å². The van der Waals surface area contributed by atoms with Gasteiger partial charge in [0.25, 0.3) is 0 Å². The molecule has 1 aliphatic rings. The molecule has 4 nitrogen and oxygen atoms in total. The number of hydrogen-bond donors (Lipinski definition) is 0. The molecule has 0 saturated heterocycles. The number of aryl methyl sites for hydroxylation is 1. The smallest absolute Gasteiger partial charge is 0.309 e. The molecule has 1 heterocycles. The summed E-state index contributed by atoms with van der Waals surface area (Å²) in [7, 11) is 0. The van der Waals surface area contributed by atoms with E-state index < -0.39 is 0 Å². The monoisotopic (exact) mass is 355 g/mol. The predicted octanol–water partition coefficient (Wildman–Crippen LogP) is 5.69. The van der Waals surface area contributed by atoms with E-state index >= 15 is 0 Å². The number of hydrogen-bond acceptors (Lipinski definition) is 4. The quantitative estimate of drug-likeness (QED) is 0.599. The van der Waals surface area contributed by atoms with Gasteiger partial charge in [0, 0.05) is 11.6 Å². The van der Waals surface area contributed by atoms with Crippen LogP contribution < -0.4 is 0 Å². The molecule has 0 amide bonds. The molecule has 4 heteroatoms. The average Bonchev–Trinajstić information content (AvgIpc) is 3.14. The highest BCUT2D eigenvalue weighted by molar-refractivity contribution is 5.72. The van der Waals surface area contributed by atoms with Gasteiger partial charge >= 0.3 is 5.97 Å². The summed E-state index contributed by atoms with van der Waals surface area (Å²) in [5.41, 5.74) is 2.84. The second-order valence-electron chi connectivity index (χ2n) is 7.52. The molecule has 1 fully saturated rings. The van der Waals surface area contributed by atoms with Gasteiger partial charge in [0.05, 0.1) is 5.92 Å². The second kappa shape index (κ2) is 9.02. The highest BCUT2D eigenvalue weighted by atomic mass is 16.5. The molecule has 1 aromatic carbocycles. The lowest BCUT2D eigenvalue weighted by atomic mass is 9.80. The Morgan fingerprint density at radius 3 is 2.62 bits per heavy atom. The van der Waals surface area contributed by atoms with E-state index in [-0.39, 0.29) is 18.5 Å². The first-order chi connectivity index (χ1) is 12.7. The number of esters is 1. The van der Waals surface area contributed by atoms with Gasteiger partial charge in [0.2, 0.25) is 0 Å². The molecule has 1 aromatic heterocycles. The van der Waals surface area contributed by atoms with Crippen molar-refractivity contribution in [3.8, 4) is 11.3 Å². The summed E-state index contributed by atoms with van der Waals surface area (Å²) >= 11 is 0. The summed E-state index contributed by atoms with van der Waals surface area (Å²) in [5.74, 6) is 1.47. The zero-order valence-corrected chi connectivity index (χ0v) is 15.9. The van der Waals surface area contributed by atoms with E-state index in [4.69, 9.17) is 9.26 Å². The van der Waals surface area contributed by atoms with Crippen molar-refractivity contribution >= 4 is 5.97 Å². The molecule has 0 atom stereocenters. The SMILES string of the molecule is CCCCC1CCC(C(=O)OCc2cc(-c3ccc(C)cc3)on2)CC1. The Kier molecular flexibility index (Phi) is 6.48. The summed E-state index contributed by atoms with van der Waals surface area (Å²) in [5, 5.41) is 4.03. The van der Waals surface area contributed by atoms with Gasteiger partial charge < -0.3 is 9.26 Å². The molecule has 140 valence electrons. The van der Waals surface area contributed by atoms with Crippen molar-refractivity contribution in [3.05, 3.63) is 41.6 Å². The second-order valence-corrected chi connectivity index (χ2v) is 7.52. The van der Waals surface area contributed by atoms with E-state index in [0.29, 0.717) is 11.5 Å². The summed E-state index contributed by atoms with van der Waals surface area (Å²) in [6.07, 6.45) is 8.09. The van der Waals surface area contributed by atoms with Crippen LogP contribution in [-0.4, -0.2) is 11.1 Å². The van der Waals surface area contributed by atoms with Crippen molar-refractivity contribution < 1.29 is 14.1 Å². The van der Waals surface area contributed by atoms with Gasteiger partial charge in [0.15, 0.2) is 5.76 Å². The van der Waals surface area contributed by atoms with Crippen molar-refractivity contribution in [1.29, 1.82) is 0 Å². The normalized spacial score (nSPS) is 20.1. The highest BCUT2D eigenvalue weighted by Crippen LogP contribution is 2.32. The minimum Gasteiger partial charge on any atom is -0.459 e. The Morgan fingerprint density at radius 1 is 1.19 bits per heavy atom. The maximum Gasteiger partial charge on any atom is 0.309 e. The van der Waals surface area contributed by atoms with Crippen molar-refractivity contribution in [1.82, 2.24) is 5.16 Å². The third-order valence-corrected chi connectivity index (χ3v) is 5.40. The average molecular weight is 355 g/mol. The molecule has 0 aliphatic heterocycles. The third-order valence-electron chi connectivity index (χ3n) is 5.40. The highest BCUT2D eigenvalue weighted by Gasteiger charge is 2.27. The first-order valence-electron chi connectivity index (χ1n) is 9.85. The Labute approximate surface area is 155 Å². The summed E-state index contributed by atoms with van der Waals surface area (Å²) < 4.78 is 10.9. The number of rotatable bonds is 7. The lowest BCUT2D eigenvalue weighted by molar-refractivity contribution is -0.151. The molecular formula is C22H29NO3. The number of aromatic nitrogens is 1. The van der Waals surface area contributed by atoms with Crippen LogP contribution in [0.3, 0.4) is 0 Å². The molecule has 2 aromatic rings. The fraction of sp³-hybridized carbons (Fsp3) is 0.545. The molecule has 1 saturated carbocycles. The van der Waals surface area contributed by atoms with Gasteiger partial charge in [-0.2, -0.15) is 0 Å². The van der Waals surface area contributed by atoms with E-state index in [0.717, 1.165) is 37.2 Å². The number of unbranched alkanes of at least 4 members (excludes halogenated alkanes) is 1. The van der Waals surface area contributed by atoms with Gasteiger partial charge in [0.1, 0.15) is 12.3 Å². The van der Waals surface area contributed by atoms with Crippen LogP contribution in [-0.2, 0) is 16.1 Å². The molecule has 1 aliphatic carbocycles. The number of ether oxygens (including phenoxy) is 1. The van der Waals surface area contributed by atoms with Crippen LogP contribution in [0.15, 0.2) is 34.9 Å². The Bertz CT molecular complexity index is 696. The summed E-state index contributed by atoms with van der Waals surface area (Å²) in [6.45, 7) is 4.47. The predicted molar refractivity (Wildman–Crippen MR) is 101 cm³/mol. The standard InChI is InChI=1S/C22H29NO3/c1-3-4-5-17-8-12-19(13-9-17)22(24)25-15-20-14-21(26-23-20)18-10-6-16(2)7-11-18/h6-7,10-11,14,17,19H,3-5,8-9,12-13,15H2,1-2H3. The van der Waals surface area contributed by atoms with Crippen molar-refractivity contribution in [3.63, 3.8) is 0 Å². The first kappa shape index (κ1) is 18.7. The molecule has 0 N–H and O–H groups in total. The van der Waals surface area contributed by atoms with Crippen LogP contribution >= 0.6 is 0 Å². The molecule has 3 rings (SSSR count). The minimum absolute atomic E-state index is 0.0522. The minimum atomic E-state index is -0.0844. The fourth-order valence-corrected chi connectivity index (χ4v) is 3.68. The number of nitrogens with zero attached hydrogens (tertiary/aromatic N) is 1. The lowest BCUT2D eigenvalue weighted by Gasteiger charge is -2.27. The molecular weight excluding hydrogens is 326 g/mol. The van der Waals surface area contributed by atoms with Gasteiger partial charge in [-0.25, -0.2) is 0 Å². The summed E-state index contributed by atoms with van der Waals surface area (Å²) in [4.78, 5) is 12.3. The molecule has 0 unspecified atom stereocenters. The van der Waals surface area contributed by atoms with Crippen LogP contribution in [0.25, 0.3) is 11.3 Å². The zero-order valence-electron chi connectivity index (χ0n) is 15.9. The topological polar surface area (TPSA) is 52.3 Å². The van der Waals surface area contributed by atoms with Crippen molar-refractivity contribution in [2.75, 3.05) is 0 Å². The number of benzene rings is 1. The molecule has 0 bridgehead atoms.